The van der Waals surface area contributed by atoms with E-state index in [-0.39, 0.29) is 23.1 Å². The van der Waals surface area contributed by atoms with Crippen LogP contribution in [0.3, 0.4) is 0 Å². The highest BCUT2D eigenvalue weighted by Crippen LogP contribution is 2.43. The van der Waals surface area contributed by atoms with E-state index < -0.39 is 14.8 Å². The monoisotopic (exact) mass is 425 g/mol. The van der Waals surface area contributed by atoms with Gasteiger partial charge in [0, 0.05) is 29.7 Å². The molecular weight excluding hydrogens is 390 g/mol. The maximum atomic E-state index is 12.9. The third kappa shape index (κ3) is 4.71. The van der Waals surface area contributed by atoms with E-state index in [1.807, 2.05) is 29.5 Å². The van der Waals surface area contributed by atoms with Gasteiger partial charge in [-0.25, -0.2) is 0 Å². The fourth-order valence-electron chi connectivity index (χ4n) is 3.66. The van der Waals surface area contributed by atoms with Gasteiger partial charge in [-0.3, -0.25) is 14.3 Å². The molecule has 1 amide bonds. The van der Waals surface area contributed by atoms with E-state index >= 15 is 0 Å². The number of carbonyl (C=O) groups is 2. The van der Waals surface area contributed by atoms with Crippen molar-refractivity contribution in [3.63, 3.8) is 0 Å². The lowest BCUT2D eigenvalue weighted by Crippen LogP contribution is -2.69. The summed E-state index contributed by atoms with van der Waals surface area (Å²) in [5, 5.41) is 4.49. The number of thioether (sulfide) groups is 1. The van der Waals surface area contributed by atoms with Crippen molar-refractivity contribution < 1.29 is 14.0 Å². The number of aryl methyl sites for hydroxylation is 2. The number of aromatic nitrogens is 2. The van der Waals surface area contributed by atoms with Crippen molar-refractivity contribution in [3.8, 4) is 0 Å². The Morgan fingerprint density at radius 1 is 1.36 bits per heavy atom. The molecule has 8 heteroatoms. The Bertz CT molecular complexity index is 729. The quantitative estimate of drug-likeness (QED) is 0.344. The van der Waals surface area contributed by atoms with Gasteiger partial charge in [-0.1, -0.05) is 20.8 Å². The minimum atomic E-state index is -1.39. The molecule has 0 radical (unpaired) electrons. The molecule has 2 atom stereocenters. The van der Waals surface area contributed by atoms with E-state index in [2.05, 4.69) is 45.2 Å². The van der Waals surface area contributed by atoms with E-state index in [9.17, 15) is 9.59 Å². The Labute approximate surface area is 175 Å². The number of β-lactam (4-membered cyclic amide) rings is 1. The zero-order valence-electron chi connectivity index (χ0n) is 18.5. The molecule has 0 unspecified atom stereocenters. The number of likely N-dealkylation sites (tertiary alicyclic amines) is 1. The highest BCUT2D eigenvalue weighted by Gasteiger charge is 2.54. The standard InChI is InChI=1S/C20H35N3O3SSi/c1-14-11-16(21-22(14)9-10-27-6)17(24)12-15-13-18(25)23(15)20(5,19(2,3)4)26-28(7)8/h11,15,28H,9-10,12-13H2,1-8H3/t15-,20-/m1/s1. The van der Waals surface area contributed by atoms with Crippen LogP contribution in [0, 0.1) is 12.3 Å². The lowest BCUT2D eigenvalue weighted by molar-refractivity contribution is -0.204. The Balaban J connectivity index is 2.17. The van der Waals surface area contributed by atoms with Crippen molar-refractivity contribution in [2.45, 2.75) is 78.9 Å². The van der Waals surface area contributed by atoms with Gasteiger partial charge in [-0.05, 0) is 39.3 Å². The molecule has 1 aliphatic rings. The van der Waals surface area contributed by atoms with Crippen molar-refractivity contribution in [1.29, 1.82) is 0 Å². The van der Waals surface area contributed by atoms with Gasteiger partial charge >= 0.3 is 0 Å². The molecule has 1 saturated heterocycles. The predicted octanol–water partition coefficient (Wildman–Crippen LogP) is 3.49. The van der Waals surface area contributed by atoms with Crippen LogP contribution in [0.4, 0.5) is 0 Å². The molecule has 28 heavy (non-hydrogen) atoms. The summed E-state index contributed by atoms with van der Waals surface area (Å²) in [6, 6.07) is 1.72. The molecule has 158 valence electrons. The van der Waals surface area contributed by atoms with Gasteiger partial charge in [-0.2, -0.15) is 16.9 Å². The SMILES string of the molecule is CSCCn1nc(C(=O)C[C@@H]2CC(=O)N2[C@](C)(O[SiH](C)C)C(C)(C)C)cc1C. The summed E-state index contributed by atoms with van der Waals surface area (Å²) in [4.78, 5) is 27.2. The molecule has 1 fully saturated rings. The number of amides is 1. The molecule has 2 rings (SSSR count). The van der Waals surface area contributed by atoms with Gasteiger partial charge in [0.15, 0.2) is 14.8 Å². The first-order chi connectivity index (χ1) is 12.9. The summed E-state index contributed by atoms with van der Waals surface area (Å²) in [5.41, 5.74) is 0.529. The number of carbonyl (C=O) groups excluding carboxylic acids is 2. The number of nitrogens with zero attached hydrogens (tertiary/aromatic N) is 3. The summed E-state index contributed by atoms with van der Waals surface area (Å²) in [7, 11) is -1.39. The average Bonchev–Trinajstić information content (AvgIpc) is 2.91. The Hall–Kier alpha value is -1.12. The minimum absolute atomic E-state index is 0.00782. The topological polar surface area (TPSA) is 64.4 Å². The molecule has 0 saturated carbocycles. The Morgan fingerprint density at radius 3 is 2.50 bits per heavy atom. The molecule has 2 heterocycles. The summed E-state index contributed by atoms with van der Waals surface area (Å²) in [6.07, 6.45) is 2.74. The first kappa shape index (κ1) is 23.2. The van der Waals surface area contributed by atoms with Crippen LogP contribution in [0.5, 0.6) is 0 Å². The third-order valence-corrected chi connectivity index (χ3v) is 7.08. The maximum Gasteiger partial charge on any atom is 0.227 e. The molecule has 0 aliphatic carbocycles. The highest BCUT2D eigenvalue weighted by atomic mass is 32.2. The number of rotatable bonds is 9. The number of hydrogen-bond acceptors (Lipinski definition) is 5. The minimum Gasteiger partial charge on any atom is -0.398 e. The maximum absolute atomic E-state index is 12.9. The van der Waals surface area contributed by atoms with Crippen LogP contribution in [0.15, 0.2) is 6.07 Å². The van der Waals surface area contributed by atoms with Crippen LogP contribution in [-0.2, 0) is 15.8 Å². The van der Waals surface area contributed by atoms with Crippen LogP contribution in [0.2, 0.25) is 13.1 Å². The van der Waals surface area contributed by atoms with Gasteiger partial charge in [-0.15, -0.1) is 0 Å². The number of ketones is 1. The van der Waals surface area contributed by atoms with Crippen molar-refractivity contribution in [2.75, 3.05) is 12.0 Å². The lowest BCUT2D eigenvalue weighted by Gasteiger charge is -2.57. The highest BCUT2D eigenvalue weighted by molar-refractivity contribution is 7.98. The molecule has 0 spiro atoms. The normalized spacial score (nSPS) is 19.7. The fourth-order valence-corrected chi connectivity index (χ4v) is 5.40. The summed E-state index contributed by atoms with van der Waals surface area (Å²) >= 11 is 1.76. The van der Waals surface area contributed by atoms with Crippen molar-refractivity contribution in [2.24, 2.45) is 5.41 Å². The van der Waals surface area contributed by atoms with Crippen molar-refractivity contribution in [1.82, 2.24) is 14.7 Å². The predicted molar refractivity (Wildman–Crippen MR) is 117 cm³/mol. The van der Waals surface area contributed by atoms with Crippen molar-refractivity contribution in [3.05, 3.63) is 17.5 Å². The van der Waals surface area contributed by atoms with Gasteiger partial charge in [0.25, 0.3) is 0 Å². The fraction of sp³-hybridized carbons (Fsp3) is 0.750. The zero-order chi connectivity index (χ0) is 21.3. The van der Waals surface area contributed by atoms with Gasteiger partial charge in [0.2, 0.25) is 5.91 Å². The second-order valence-corrected chi connectivity index (χ2v) is 12.4. The van der Waals surface area contributed by atoms with Crippen molar-refractivity contribution >= 4 is 32.5 Å². The van der Waals surface area contributed by atoms with E-state index in [4.69, 9.17) is 4.43 Å². The van der Waals surface area contributed by atoms with Gasteiger partial charge in [0.1, 0.15) is 11.4 Å². The van der Waals surface area contributed by atoms with Gasteiger partial charge < -0.3 is 9.33 Å². The smallest absolute Gasteiger partial charge is 0.227 e. The van der Waals surface area contributed by atoms with Crippen LogP contribution >= 0.6 is 11.8 Å². The van der Waals surface area contributed by atoms with Crippen LogP contribution < -0.4 is 0 Å². The Kier molecular flexibility index (Phi) is 7.20. The number of hydrogen-bond donors (Lipinski definition) is 0. The van der Waals surface area contributed by atoms with E-state index in [0.29, 0.717) is 18.5 Å². The van der Waals surface area contributed by atoms with E-state index in [1.165, 1.54) is 0 Å². The summed E-state index contributed by atoms with van der Waals surface area (Å²) in [6.45, 7) is 15.2. The molecule has 0 N–H and O–H groups in total. The van der Waals surface area contributed by atoms with Crippen LogP contribution in [-0.4, -0.2) is 59.2 Å². The Morgan fingerprint density at radius 2 is 2.00 bits per heavy atom. The van der Waals surface area contributed by atoms with Crippen LogP contribution in [0.1, 0.15) is 56.7 Å². The first-order valence-electron chi connectivity index (χ1n) is 9.97. The summed E-state index contributed by atoms with van der Waals surface area (Å²) < 4.78 is 8.26. The molecule has 6 nitrogen and oxygen atoms in total. The summed E-state index contributed by atoms with van der Waals surface area (Å²) in [5.74, 6) is 1.01. The van der Waals surface area contributed by atoms with E-state index in [0.717, 1.165) is 18.0 Å². The average molecular weight is 426 g/mol. The lowest BCUT2D eigenvalue weighted by atomic mass is 9.79. The molecule has 1 aromatic rings. The molecule has 0 bridgehead atoms. The van der Waals surface area contributed by atoms with Gasteiger partial charge in [0.05, 0.1) is 12.6 Å². The third-order valence-electron chi connectivity index (χ3n) is 5.56. The van der Waals surface area contributed by atoms with E-state index in [1.54, 1.807) is 11.8 Å². The molecule has 0 aromatic carbocycles. The molecule has 1 aliphatic heterocycles. The largest absolute Gasteiger partial charge is 0.398 e. The first-order valence-corrected chi connectivity index (χ1v) is 14.1. The molecular formula is C20H35N3O3SSi. The van der Waals surface area contributed by atoms with Crippen LogP contribution in [0.25, 0.3) is 0 Å². The zero-order valence-corrected chi connectivity index (χ0v) is 20.5. The second-order valence-electron chi connectivity index (χ2n) is 9.04. The number of Topliss-reactive ketones (excluding diaryl/α,β-unsaturated/α-hetero) is 1. The molecule has 1 aromatic heterocycles. The second kappa shape index (κ2) is 8.71.